The molecule has 2 aromatic rings. The fourth-order valence-corrected chi connectivity index (χ4v) is 1.94. The van der Waals surface area contributed by atoms with Crippen molar-refractivity contribution in [2.45, 2.75) is 0 Å². The van der Waals surface area contributed by atoms with Gasteiger partial charge in [0.15, 0.2) is 0 Å². The zero-order valence-electron chi connectivity index (χ0n) is 11.0. The van der Waals surface area contributed by atoms with E-state index < -0.39 is 11.8 Å². The fraction of sp³-hybridized carbons (Fsp3) is 0.133. The van der Waals surface area contributed by atoms with Crippen LogP contribution < -0.4 is 9.47 Å². The number of halogens is 1. The molecule has 0 aliphatic heterocycles. The van der Waals surface area contributed by atoms with Crippen molar-refractivity contribution in [3.8, 4) is 22.6 Å². The summed E-state index contributed by atoms with van der Waals surface area (Å²) in [5.41, 5.74) is 1.19. The molecular formula is C15H13FO4. The molecule has 104 valence electrons. The second-order valence-electron chi connectivity index (χ2n) is 4.06. The fourth-order valence-electron chi connectivity index (χ4n) is 1.94. The Morgan fingerprint density at radius 1 is 1.05 bits per heavy atom. The number of ether oxygens (including phenoxy) is 2. The molecule has 0 saturated heterocycles. The molecule has 4 nitrogen and oxygen atoms in total. The molecule has 0 fully saturated rings. The number of aromatic carboxylic acids is 1. The quantitative estimate of drug-likeness (QED) is 0.931. The summed E-state index contributed by atoms with van der Waals surface area (Å²) < 4.78 is 23.6. The average Bonchev–Trinajstić information content (AvgIpc) is 2.46. The first-order valence-electron chi connectivity index (χ1n) is 5.82. The van der Waals surface area contributed by atoms with Gasteiger partial charge < -0.3 is 14.6 Å². The van der Waals surface area contributed by atoms with Crippen molar-refractivity contribution in [3.05, 3.63) is 47.8 Å². The number of methoxy groups -OCH3 is 2. The van der Waals surface area contributed by atoms with E-state index in [1.807, 2.05) is 0 Å². The van der Waals surface area contributed by atoms with Gasteiger partial charge >= 0.3 is 5.97 Å². The third kappa shape index (κ3) is 2.56. The number of rotatable bonds is 4. The Balaban J connectivity index is 2.59. The van der Waals surface area contributed by atoms with E-state index in [0.29, 0.717) is 16.9 Å². The van der Waals surface area contributed by atoms with Crippen LogP contribution in [0.5, 0.6) is 11.5 Å². The minimum atomic E-state index is -1.08. The maximum absolute atomic E-state index is 13.4. The first kappa shape index (κ1) is 13.9. The number of benzene rings is 2. The Hall–Kier alpha value is -2.56. The summed E-state index contributed by atoms with van der Waals surface area (Å²) >= 11 is 0. The molecule has 1 N–H and O–H groups in total. The van der Waals surface area contributed by atoms with Crippen molar-refractivity contribution in [2.24, 2.45) is 0 Å². The van der Waals surface area contributed by atoms with Crippen LogP contribution in [0.3, 0.4) is 0 Å². The number of hydrogen-bond acceptors (Lipinski definition) is 3. The van der Waals surface area contributed by atoms with E-state index in [1.165, 1.54) is 38.5 Å². The van der Waals surface area contributed by atoms with Crippen LogP contribution >= 0.6 is 0 Å². The van der Waals surface area contributed by atoms with Gasteiger partial charge in [0.2, 0.25) is 0 Å². The molecule has 0 aliphatic rings. The molecule has 2 aromatic carbocycles. The van der Waals surface area contributed by atoms with Gasteiger partial charge in [0.05, 0.1) is 14.2 Å². The van der Waals surface area contributed by atoms with E-state index in [2.05, 4.69) is 0 Å². The van der Waals surface area contributed by atoms with E-state index in [0.717, 1.165) is 0 Å². The summed E-state index contributed by atoms with van der Waals surface area (Å²) in [6, 6.07) is 8.69. The topological polar surface area (TPSA) is 55.8 Å². The molecule has 5 heteroatoms. The molecule has 0 aliphatic carbocycles. The predicted octanol–water partition coefficient (Wildman–Crippen LogP) is 3.21. The summed E-state index contributed by atoms with van der Waals surface area (Å²) in [6.07, 6.45) is 0. The molecule has 0 spiro atoms. The second-order valence-corrected chi connectivity index (χ2v) is 4.06. The monoisotopic (exact) mass is 276 g/mol. The van der Waals surface area contributed by atoms with Gasteiger partial charge in [0, 0.05) is 5.56 Å². The van der Waals surface area contributed by atoms with Crippen molar-refractivity contribution in [1.29, 1.82) is 0 Å². The number of carboxylic acids is 1. The van der Waals surface area contributed by atoms with Crippen molar-refractivity contribution in [1.82, 2.24) is 0 Å². The normalized spacial score (nSPS) is 10.2. The van der Waals surface area contributed by atoms with Crippen LogP contribution in [0.1, 0.15) is 10.4 Å². The van der Waals surface area contributed by atoms with Crippen molar-refractivity contribution in [2.75, 3.05) is 14.2 Å². The number of hydrogen-bond donors (Lipinski definition) is 1. The lowest BCUT2D eigenvalue weighted by Crippen LogP contribution is -2.00. The van der Waals surface area contributed by atoms with Crippen molar-refractivity contribution in [3.63, 3.8) is 0 Å². The standard InChI is InChI=1S/C15H13FO4/c1-19-13-6-4-10(16)8-12(13)9-3-5-11(15(17)18)14(7-9)20-2/h3-8H,1-2H3,(H,17,18). The zero-order chi connectivity index (χ0) is 14.7. The van der Waals surface area contributed by atoms with E-state index in [4.69, 9.17) is 14.6 Å². The summed E-state index contributed by atoms with van der Waals surface area (Å²) in [7, 11) is 2.87. The molecule has 2 rings (SSSR count). The Morgan fingerprint density at radius 3 is 2.35 bits per heavy atom. The van der Waals surface area contributed by atoms with Gasteiger partial charge in [-0.3, -0.25) is 0 Å². The van der Waals surface area contributed by atoms with Gasteiger partial charge in [-0.25, -0.2) is 9.18 Å². The smallest absolute Gasteiger partial charge is 0.339 e. The lowest BCUT2D eigenvalue weighted by Gasteiger charge is -2.11. The molecule has 0 heterocycles. The highest BCUT2D eigenvalue weighted by atomic mass is 19.1. The zero-order valence-corrected chi connectivity index (χ0v) is 11.0. The van der Waals surface area contributed by atoms with Crippen LogP contribution in [-0.2, 0) is 0 Å². The first-order valence-corrected chi connectivity index (χ1v) is 5.82. The average molecular weight is 276 g/mol. The summed E-state index contributed by atoms with van der Waals surface area (Å²) in [6.45, 7) is 0. The highest BCUT2D eigenvalue weighted by molar-refractivity contribution is 5.92. The molecule has 0 unspecified atom stereocenters. The number of carboxylic acid groups (broad SMARTS) is 1. The lowest BCUT2D eigenvalue weighted by atomic mass is 10.0. The summed E-state index contributed by atoms with van der Waals surface area (Å²) in [4.78, 5) is 11.0. The Kier molecular flexibility index (Phi) is 3.89. The Bertz CT molecular complexity index is 652. The molecule has 0 saturated carbocycles. The number of carbonyl (C=O) groups is 1. The largest absolute Gasteiger partial charge is 0.496 e. The Morgan fingerprint density at radius 2 is 1.75 bits per heavy atom. The third-order valence-electron chi connectivity index (χ3n) is 2.90. The molecule has 0 amide bonds. The summed E-state index contributed by atoms with van der Waals surface area (Å²) in [5.74, 6) is -0.778. The van der Waals surface area contributed by atoms with E-state index in [-0.39, 0.29) is 11.3 Å². The highest BCUT2D eigenvalue weighted by Crippen LogP contribution is 2.33. The molecule has 0 radical (unpaired) electrons. The maximum atomic E-state index is 13.4. The van der Waals surface area contributed by atoms with E-state index in [9.17, 15) is 9.18 Å². The molecule has 0 aromatic heterocycles. The van der Waals surface area contributed by atoms with Gasteiger partial charge in [0.1, 0.15) is 22.9 Å². The van der Waals surface area contributed by atoms with Crippen molar-refractivity contribution < 1.29 is 23.8 Å². The van der Waals surface area contributed by atoms with Gasteiger partial charge in [0.25, 0.3) is 0 Å². The molecule has 0 atom stereocenters. The van der Waals surface area contributed by atoms with Crippen LogP contribution in [0.25, 0.3) is 11.1 Å². The Labute approximate surface area is 115 Å². The summed E-state index contributed by atoms with van der Waals surface area (Å²) in [5, 5.41) is 9.04. The minimum absolute atomic E-state index is 0.0478. The van der Waals surface area contributed by atoms with Gasteiger partial charge in [-0.2, -0.15) is 0 Å². The van der Waals surface area contributed by atoms with Crippen LogP contribution in [0.2, 0.25) is 0 Å². The third-order valence-corrected chi connectivity index (χ3v) is 2.90. The molecule has 0 bridgehead atoms. The van der Waals surface area contributed by atoms with Gasteiger partial charge in [-0.15, -0.1) is 0 Å². The first-order chi connectivity index (χ1) is 9.56. The molecule has 20 heavy (non-hydrogen) atoms. The highest BCUT2D eigenvalue weighted by Gasteiger charge is 2.14. The van der Waals surface area contributed by atoms with Crippen LogP contribution in [0, 0.1) is 5.82 Å². The van der Waals surface area contributed by atoms with Crippen LogP contribution in [0.4, 0.5) is 4.39 Å². The van der Waals surface area contributed by atoms with Gasteiger partial charge in [-0.05, 0) is 35.9 Å². The predicted molar refractivity (Wildman–Crippen MR) is 71.9 cm³/mol. The minimum Gasteiger partial charge on any atom is -0.496 e. The van der Waals surface area contributed by atoms with Crippen LogP contribution in [-0.4, -0.2) is 25.3 Å². The van der Waals surface area contributed by atoms with Crippen LogP contribution in [0.15, 0.2) is 36.4 Å². The van der Waals surface area contributed by atoms with E-state index >= 15 is 0 Å². The second kappa shape index (κ2) is 5.61. The SMILES string of the molecule is COc1cc(-c2cc(F)ccc2OC)ccc1C(=O)O. The van der Waals surface area contributed by atoms with Crippen molar-refractivity contribution >= 4 is 5.97 Å². The lowest BCUT2D eigenvalue weighted by molar-refractivity contribution is 0.0693. The van der Waals surface area contributed by atoms with E-state index in [1.54, 1.807) is 12.1 Å². The molecular weight excluding hydrogens is 263 g/mol. The maximum Gasteiger partial charge on any atom is 0.339 e. The van der Waals surface area contributed by atoms with Gasteiger partial charge in [-0.1, -0.05) is 6.07 Å².